The summed E-state index contributed by atoms with van der Waals surface area (Å²) in [6.07, 6.45) is 1.04. The van der Waals surface area contributed by atoms with Crippen LogP contribution in [0.5, 0.6) is 5.75 Å². The third-order valence-corrected chi connectivity index (χ3v) is 3.37. The van der Waals surface area contributed by atoms with Crippen LogP contribution < -0.4 is 10.1 Å². The summed E-state index contributed by atoms with van der Waals surface area (Å²) < 4.78 is 5.09. The van der Waals surface area contributed by atoms with Crippen LogP contribution in [0.4, 0.5) is 5.69 Å². The summed E-state index contributed by atoms with van der Waals surface area (Å²) in [5.74, 6) is -0.910. The van der Waals surface area contributed by atoms with Crippen LogP contribution in [-0.2, 0) is 9.59 Å². The maximum absolute atomic E-state index is 11.9. The Morgan fingerprint density at radius 1 is 1.17 bits per heavy atom. The third-order valence-electron chi connectivity index (χ3n) is 3.37. The topological polar surface area (TPSA) is 92.7 Å². The molecule has 6 nitrogen and oxygen atoms in total. The smallest absolute Gasteiger partial charge is 0.335 e. The average Bonchev–Trinajstić information content (AvgIpc) is 2.46. The lowest BCUT2D eigenvalue weighted by Crippen LogP contribution is -2.20. The van der Waals surface area contributed by atoms with Crippen LogP contribution in [0.2, 0.25) is 0 Å². The van der Waals surface area contributed by atoms with Gasteiger partial charge in [-0.05, 0) is 24.6 Å². The molecule has 1 rings (SSSR count). The molecule has 1 aromatic carbocycles. The fraction of sp³-hybridized carbons (Fsp3) is 0.471. The highest BCUT2D eigenvalue weighted by molar-refractivity contribution is 5.94. The zero-order chi connectivity index (χ0) is 17.6. The molecule has 6 heteroatoms. The summed E-state index contributed by atoms with van der Waals surface area (Å²) in [5, 5.41) is 11.6. The number of methoxy groups -OCH3 is 1. The van der Waals surface area contributed by atoms with Gasteiger partial charge < -0.3 is 15.2 Å². The second-order valence-electron chi connectivity index (χ2n) is 6.30. The lowest BCUT2D eigenvalue weighted by molar-refractivity contribution is -0.126. The Bertz CT molecular complexity index is 601. The number of carboxylic acid groups (broad SMARTS) is 1. The van der Waals surface area contributed by atoms with Crippen LogP contribution in [0, 0.1) is 5.41 Å². The highest BCUT2D eigenvalue weighted by atomic mass is 16.5. The van der Waals surface area contributed by atoms with E-state index < -0.39 is 11.4 Å². The Labute approximate surface area is 135 Å². The van der Waals surface area contributed by atoms with Crippen molar-refractivity contribution in [2.45, 2.75) is 40.0 Å². The Balaban J connectivity index is 2.61. The van der Waals surface area contributed by atoms with E-state index in [0.29, 0.717) is 18.5 Å². The van der Waals surface area contributed by atoms with Crippen molar-refractivity contribution in [3.63, 3.8) is 0 Å². The van der Waals surface area contributed by atoms with Gasteiger partial charge in [-0.1, -0.05) is 20.8 Å². The third kappa shape index (κ3) is 5.73. The van der Waals surface area contributed by atoms with Crippen molar-refractivity contribution >= 4 is 23.3 Å². The number of rotatable bonds is 7. The minimum Gasteiger partial charge on any atom is -0.495 e. The van der Waals surface area contributed by atoms with E-state index in [0.717, 1.165) is 0 Å². The van der Waals surface area contributed by atoms with Gasteiger partial charge in [-0.3, -0.25) is 9.59 Å². The average molecular weight is 321 g/mol. The summed E-state index contributed by atoms with van der Waals surface area (Å²) in [5.41, 5.74) is 0.0899. The van der Waals surface area contributed by atoms with Crippen LogP contribution in [0.15, 0.2) is 18.2 Å². The molecular formula is C17H23NO5. The molecule has 2 N–H and O–H groups in total. The fourth-order valence-electron chi connectivity index (χ4n) is 1.92. The van der Waals surface area contributed by atoms with Crippen LogP contribution >= 0.6 is 0 Å². The highest BCUT2D eigenvalue weighted by Crippen LogP contribution is 2.26. The molecule has 0 aliphatic carbocycles. The van der Waals surface area contributed by atoms with Gasteiger partial charge in [0.1, 0.15) is 11.5 Å². The molecule has 0 aliphatic heterocycles. The zero-order valence-electron chi connectivity index (χ0n) is 13.9. The molecule has 0 saturated carbocycles. The Morgan fingerprint density at radius 2 is 1.83 bits per heavy atom. The summed E-state index contributed by atoms with van der Waals surface area (Å²) in [4.78, 5) is 34.6. The molecule has 126 valence electrons. The standard InChI is InChI=1S/C17H23NO5/c1-17(2,3)14(19)6-5-7-15(20)18-12-9-8-11(16(21)22)10-13(12)23-4/h8-10H,5-7H2,1-4H3,(H,18,20)(H,21,22). The number of carboxylic acids is 1. The summed E-state index contributed by atoms with van der Waals surface area (Å²) >= 11 is 0. The number of carbonyl (C=O) groups is 3. The van der Waals surface area contributed by atoms with Crippen molar-refractivity contribution in [3.05, 3.63) is 23.8 Å². The Kier molecular flexibility index (Phi) is 6.30. The first-order chi connectivity index (χ1) is 10.6. The van der Waals surface area contributed by atoms with Crippen LogP contribution in [0.25, 0.3) is 0 Å². The lowest BCUT2D eigenvalue weighted by atomic mass is 9.88. The molecule has 0 atom stereocenters. The second kappa shape index (κ2) is 7.76. The number of ether oxygens (including phenoxy) is 1. The molecule has 0 saturated heterocycles. The molecule has 1 aromatic rings. The van der Waals surface area contributed by atoms with E-state index >= 15 is 0 Å². The molecule has 0 spiro atoms. The minimum absolute atomic E-state index is 0.0793. The number of hydrogen-bond donors (Lipinski definition) is 2. The quantitative estimate of drug-likeness (QED) is 0.805. The van der Waals surface area contributed by atoms with E-state index in [9.17, 15) is 14.4 Å². The number of nitrogens with one attached hydrogen (secondary N) is 1. The highest BCUT2D eigenvalue weighted by Gasteiger charge is 2.20. The molecule has 0 fully saturated rings. The number of benzene rings is 1. The summed E-state index contributed by atoms with van der Waals surface area (Å²) in [6.45, 7) is 5.55. The van der Waals surface area contributed by atoms with Gasteiger partial charge in [0.2, 0.25) is 5.91 Å². The molecule has 0 bridgehead atoms. The number of anilines is 1. The predicted octanol–water partition coefficient (Wildman–Crippen LogP) is 3.12. The predicted molar refractivity (Wildman–Crippen MR) is 86.9 cm³/mol. The summed E-state index contributed by atoms with van der Waals surface area (Å²) in [7, 11) is 1.40. The Hall–Kier alpha value is -2.37. The first-order valence-corrected chi connectivity index (χ1v) is 7.39. The molecule has 0 heterocycles. The van der Waals surface area contributed by atoms with Crippen molar-refractivity contribution in [2.75, 3.05) is 12.4 Å². The second-order valence-corrected chi connectivity index (χ2v) is 6.30. The van der Waals surface area contributed by atoms with Crippen LogP contribution in [-0.4, -0.2) is 29.9 Å². The number of ketones is 1. The fourth-order valence-corrected chi connectivity index (χ4v) is 1.92. The van der Waals surface area contributed by atoms with Gasteiger partial charge >= 0.3 is 5.97 Å². The molecule has 0 radical (unpaired) electrons. The van der Waals surface area contributed by atoms with Gasteiger partial charge in [-0.25, -0.2) is 4.79 Å². The van der Waals surface area contributed by atoms with E-state index in [-0.39, 0.29) is 29.4 Å². The molecule has 23 heavy (non-hydrogen) atoms. The van der Waals surface area contributed by atoms with Crippen molar-refractivity contribution in [2.24, 2.45) is 5.41 Å². The van der Waals surface area contributed by atoms with E-state index in [1.165, 1.54) is 25.3 Å². The van der Waals surface area contributed by atoms with E-state index in [1.54, 1.807) is 0 Å². The van der Waals surface area contributed by atoms with Crippen molar-refractivity contribution in [1.82, 2.24) is 0 Å². The molecule has 0 aromatic heterocycles. The first kappa shape index (κ1) is 18.7. The Morgan fingerprint density at radius 3 is 2.35 bits per heavy atom. The van der Waals surface area contributed by atoms with Gasteiger partial charge in [-0.2, -0.15) is 0 Å². The maximum atomic E-state index is 11.9. The number of Topliss-reactive ketones (excluding diaryl/α,β-unsaturated/α-hetero) is 1. The monoisotopic (exact) mass is 321 g/mol. The summed E-state index contributed by atoms with van der Waals surface area (Å²) in [6, 6.07) is 4.23. The van der Waals surface area contributed by atoms with E-state index in [4.69, 9.17) is 9.84 Å². The number of aromatic carboxylic acids is 1. The van der Waals surface area contributed by atoms with Gasteiger partial charge in [0.05, 0.1) is 18.4 Å². The maximum Gasteiger partial charge on any atom is 0.335 e. The van der Waals surface area contributed by atoms with E-state index in [1.807, 2.05) is 20.8 Å². The first-order valence-electron chi connectivity index (χ1n) is 7.39. The van der Waals surface area contributed by atoms with Crippen molar-refractivity contribution in [3.8, 4) is 5.75 Å². The minimum atomic E-state index is -1.07. The largest absolute Gasteiger partial charge is 0.495 e. The molecule has 0 aliphatic rings. The van der Waals surface area contributed by atoms with Gasteiger partial charge in [-0.15, -0.1) is 0 Å². The van der Waals surface area contributed by atoms with Gasteiger partial charge in [0.15, 0.2) is 0 Å². The normalized spacial score (nSPS) is 11.0. The SMILES string of the molecule is COc1cc(C(=O)O)ccc1NC(=O)CCCC(=O)C(C)(C)C. The number of carbonyl (C=O) groups excluding carboxylic acids is 2. The molecule has 0 unspecified atom stereocenters. The number of amides is 1. The van der Waals surface area contributed by atoms with E-state index in [2.05, 4.69) is 5.32 Å². The molecule has 1 amide bonds. The van der Waals surface area contributed by atoms with Crippen molar-refractivity contribution in [1.29, 1.82) is 0 Å². The van der Waals surface area contributed by atoms with Crippen molar-refractivity contribution < 1.29 is 24.2 Å². The number of hydrogen-bond acceptors (Lipinski definition) is 4. The molecular weight excluding hydrogens is 298 g/mol. The van der Waals surface area contributed by atoms with Gasteiger partial charge in [0.25, 0.3) is 0 Å². The van der Waals surface area contributed by atoms with Gasteiger partial charge in [0, 0.05) is 18.3 Å². The zero-order valence-corrected chi connectivity index (χ0v) is 13.9. The lowest BCUT2D eigenvalue weighted by Gasteiger charge is -2.16. The van der Waals surface area contributed by atoms with Crippen LogP contribution in [0.3, 0.4) is 0 Å². The van der Waals surface area contributed by atoms with Crippen LogP contribution in [0.1, 0.15) is 50.4 Å².